The van der Waals surface area contributed by atoms with Gasteiger partial charge >= 0.3 is 5.97 Å². The van der Waals surface area contributed by atoms with E-state index in [1.54, 1.807) is 0 Å². The van der Waals surface area contributed by atoms with Crippen molar-refractivity contribution < 1.29 is 27.5 Å². The van der Waals surface area contributed by atoms with Gasteiger partial charge in [-0.1, -0.05) is 18.2 Å². The second-order valence-corrected chi connectivity index (χ2v) is 10.7. The molecule has 0 unspecified atom stereocenters. The lowest BCUT2D eigenvalue weighted by Crippen LogP contribution is -2.40. The number of carbonyl (C=O) groups excluding carboxylic acids is 2. The number of hydrogen-bond donors (Lipinski definition) is 1. The van der Waals surface area contributed by atoms with Crippen molar-refractivity contribution in [2.75, 3.05) is 31.6 Å². The summed E-state index contributed by atoms with van der Waals surface area (Å²) in [7, 11) is -3.60. The van der Waals surface area contributed by atoms with Crippen molar-refractivity contribution in [2.45, 2.75) is 34.5 Å². The highest BCUT2D eigenvalue weighted by Crippen LogP contribution is 2.37. The highest BCUT2D eigenvalue weighted by Gasteiger charge is 2.31. The number of nitrogens with zero attached hydrogens (tertiary/aromatic N) is 1. The molecular formula is C22H24N2O6S2. The molecule has 1 fully saturated rings. The minimum atomic E-state index is -3.60. The molecule has 2 heterocycles. The van der Waals surface area contributed by atoms with Gasteiger partial charge in [-0.2, -0.15) is 4.31 Å². The summed E-state index contributed by atoms with van der Waals surface area (Å²) in [5, 5.41) is 2.29. The van der Waals surface area contributed by atoms with Crippen LogP contribution >= 0.6 is 11.8 Å². The number of amides is 1. The minimum absolute atomic E-state index is 0.148. The maximum absolute atomic E-state index is 12.7. The number of morpholine rings is 1. The molecule has 0 saturated carbocycles. The van der Waals surface area contributed by atoms with Gasteiger partial charge in [0, 0.05) is 23.7 Å². The fourth-order valence-electron chi connectivity index (χ4n) is 3.51. The van der Waals surface area contributed by atoms with E-state index in [2.05, 4.69) is 5.32 Å². The second-order valence-electron chi connectivity index (χ2n) is 7.53. The Kier molecular flexibility index (Phi) is 6.85. The molecule has 0 aromatic heterocycles. The van der Waals surface area contributed by atoms with Crippen LogP contribution in [0, 0.1) is 0 Å². The van der Waals surface area contributed by atoms with Gasteiger partial charge in [-0.05, 0) is 49.2 Å². The second kappa shape index (κ2) is 9.62. The number of benzene rings is 2. The topological polar surface area (TPSA) is 102 Å². The van der Waals surface area contributed by atoms with Crippen molar-refractivity contribution in [3.63, 3.8) is 0 Å². The number of thioether (sulfide) groups is 1. The molecule has 2 aliphatic rings. The highest BCUT2D eigenvalue weighted by molar-refractivity contribution is 8.01. The lowest BCUT2D eigenvalue weighted by atomic mass is 10.1. The first-order valence-corrected chi connectivity index (χ1v) is 12.6. The van der Waals surface area contributed by atoms with Crippen molar-refractivity contribution in [1.82, 2.24) is 4.31 Å². The van der Waals surface area contributed by atoms with Crippen molar-refractivity contribution in [3.05, 3.63) is 54.1 Å². The number of sulfonamides is 1. The number of carbonyl (C=O) groups is 2. The Morgan fingerprint density at radius 3 is 2.50 bits per heavy atom. The summed E-state index contributed by atoms with van der Waals surface area (Å²) < 4.78 is 37.3. The molecular weight excluding hydrogens is 452 g/mol. The van der Waals surface area contributed by atoms with E-state index >= 15 is 0 Å². The molecule has 4 rings (SSSR count). The molecule has 10 heteroatoms. The molecule has 2 aromatic rings. The molecule has 0 radical (unpaired) electrons. The first-order valence-electron chi connectivity index (χ1n) is 10.3. The van der Waals surface area contributed by atoms with Gasteiger partial charge in [0.1, 0.15) is 5.25 Å². The van der Waals surface area contributed by atoms with E-state index in [1.165, 1.54) is 47.3 Å². The van der Waals surface area contributed by atoms with E-state index in [9.17, 15) is 18.0 Å². The van der Waals surface area contributed by atoms with Crippen LogP contribution in [0.1, 0.15) is 12.5 Å². The van der Waals surface area contributed by atoms with Gasteiger partial charge in [0.15, 0.2) is 6.10 Å². The Hall–Kier alpha value is -2.40. The third-order valence-corrected chi connectivity index (χ3v) is 8.51. The Bertz CT molecular complexity index is 1070. The zero-order valence-electron chi connectivity index (χ0n) is 17.5. The molecule has 1 N–H and O–H groups in total. The van der Waals surface area contributed by atoms with E-state index < -0.39 is 28.0 Å². The Morgan fingerprint density at radius 1 is 1.12 bits per heavy atom. The summed E-state index contributed by atoms with van der Waals surface area (Å²) in [4.78, 5) is 26.2. The molecule has 8 nitrogen and oxygen atoms in total. The normalized spacial score (nSPS) is 19.7. The van der Waals surface area contributed by atoms with Crippen molar-refractivity contribution >= 4 is 39.3 Å². The van der Waals surface area contributed by atoms with Crippen molar-refractivity contribution in [3.8, 4) is 0 Å². The van der Waals surface area contributed by atoms with Gasteiger partial charge < -0.3 is 14.8 Å². The van der Waals surface area contributed by atoms with Crippen molar-refractivity contribution in [1.29, 1.82) is 0 Å². The monoisotopic (exact) mass is 476 g/mol. The predicted molar refractivity (Wildman–Crippen MR) is 120 cm³/mol. The van der Waals surface area contributed by atoms with Crippen LogP contribution in [-0.4, -0.2) is 62.3 Å². The molecule has 2 aliphatic heterocycles. The maximum Gasteiger partial charge on any atom is 0.320 e. The average Bonchev–Trinajstić information content (AvgIpc) is 3.24. The van der Waals surface area contributed by atoms with Gasteiger partial charge in [0.2, 0.25) is 10.0 Å². The van der Waals surface area contributed by atoms with Gasteiger partial charge in [0.25, 0.3) is 5.91 Å². The van der Waals surface area contributed by atoms with Crippen LogP contribution in [0.4, 0.5) is 5.69 Å². The third-order valence-electron chi connectivity index (χ3n) is 5.30. The lowest BCUT2D eigenvalue weighted by molar-refractivity contribution is -0.152. The quantitative estimate of drug-likeness (QED) is 0.638. The molecule has 170 valence electrons. The van der Waals surface area contributed by atoms with E-state index in [4.69, 9.17) is 9.47 Å². The summed E-state index contributed by atoms with van der Waals surface area (Å²) in [6, 6.07) is 13.7. The van der Waals surface area contributed by atoms with Gasteiger partial charge in [0.05, 0.1) is 18.1 Å². The maximum atomic E-state index is 12.7. The number of ether oxygens (including phenoxy) is 2. The van der Waals surface area contributed by atoms with Crippen LogP contribution in [0.5, 0.6) is 0 Å². The number of anilines is 1. The number of nitrogens with one attached hydrogen (secondary N) is 1. The number of hydrogen-bond acceptors (Lipinski definition) is 7. The van der Waals surface area contributed by atoms with Crippen molar-refractivity contribution in [2.24, 2.45) is 0 Å². The molecule has 2 aromatic carbocycles. The standard InChI is InChI=1S/C22H24N2O6S2/c1-15(30-22(26)20-14-16-4-2-3-5-19(16)31-20)21(25)23-17-6-8-18(9-7-17)32(27,28)24-10-12-29-13-11-24/h2-9,15,20H,10-14H2,1H3,(H,23,25)/t15-,20+/m1/s1. The highest BCUT2D eigenvalue weighted by atomic mass is 32.2. The zero-order valence-corrected chi connectivity index (χ0v) is 19.2. The van der Waals surface area contributed by atoms with E-state index in [0.717, 1.165) is 10.5 Å². The minimum Gasteiger partial charge on any atom is -0.452 e. The largest absolute Gasteiger partial charge is 0.452 e. The summed E-state index contributed by atoms with van der Waals surface area (Å²) >= 11 is 1.44. The molecule has 32 heavy (non-hydrogen) atoms. The molecule has 0 bridgehead atoms. The fraction of sp³-hybridized carbons (Fsp3) is 0.364. The van der Waals surface area contributed by atoms with E-state index in [0.29, 0.717) is 38.4 Å². The fourth-order valence-corrected chi connectivity index (χ4v) is 6.10. The summed E-state index contributed by atoms with van der Waals surface area (Å²) in [6.07, 6.45) is -0.406. The predicted octanol–water partition coefficient (Wildman–Crippen LogP) is 2.29. The smallest absolute Gasteiger partial charge is 0.320 e. The van der Waals surface area contributed by atoms with Crippen LogP contribution < -0.4 is 5.32 Å². The molecule has 0 spiro atoms. The van der Waals surface area contributed by atoms with E-state index in [1.807, 2.05) is 24.3 Å². The molecule has 0 aliphatic carbocycles. The summed E-state index contributed by atoms with van der Waals surface area (Å²) in [6.45, 7) is 2.88. The zero-order chi connectivity index (χ0) is 22.7. The SMILES string of the molecule is C[C@@H](OC(=O)[C@@H]1Cc2ccccc2S1)C(=O)Nc1ccc(S(=O)(=O)N2CCOCC2)cc1. The Morgan fingerprint density at radius 2 is 1.81 bits per heavy atom. The van der Waals surface area contributed by atoms with Crippen LogP contribution in [0.3, 0.4) is 0 Å². The molecule has 1 saturated heterocycles. The van der Waals surface area contributed by atoms with Gasteiger partial charge in [-0.3, -0.25) is 9.59 Å². The third kappa shape index (κ3) is 4.98. The van der Waals surface area contributed by atoms with Gasteiger partial charge in [-0.15, -0.1) is 11.8 Å². The van der Waals surface area contributed by atoms with Crippen LogP contribution in [0.15, 0.2) is 58.3 Å². The average molecular weight is 477 g/mol. The van der Waals surface area contributed by atoms with Crippen LogP contribution in [0.2, 0.25) is 0 Å². The lowest BCUT2D eigenvalue weighted by Gasteiger charge is -2.26. The van der Waals surface area contributed by atoms with E-state index in [-0.39, 0.29) is 10.1 Å². The molecule has 1 amide bonds. The van der Waals surface area contributed by atoms with Crippen LogP contribution in [-0.2, 0) is 35.5 Å². The first kappa shape index (κ1) is 22.8. The molecule has 2 atom stereocenters. The summed E-state index contributed by atoms with van der Waals surface area (Å²) in [5.74, 6) is -0.913. The van der Waals surface area contributed by atoms with Crippen LogP contribution in [0.25, 0.3) is 0 Å². The van der Waals surface area contributed by atoms with Gasteiger partial charge in [-0.25, -0.2) is 8.42 Å². The number of rotatable bonds is 6. The number of fused-ring (bicyclic) bond motifs is 1. The first-order chi connectivity index (χ1) is 15.3. The number of esters is 1. The summed E-state index contributed by atoms with van der Waals surface area (Å²) in [5.41, 5.74) is 1.52. The Labute approximate surface area is 191 Å². The Balaban J connectivity index is 1.32.